The van der Waals surface area contributed by atoms with Crippen LogP contribution in [0.2, 0.25) is 5.02 Å². The molecule has 7 nitrogen and oxygen atoms in total. The lowest BCUT2D eigenvalue weighted by Gasteiger charge is -2.39. The van der Waals surface area contributed by atoms with Gasteiger partial charge in [-0.15, -0.1) is 11.3 Å². The molecule has 0 unspecified atom stereocenters. The first-order valence-electron chi connectivity index (χ1n) is 13.8. The molecular weight excluding hydrogens is 542 g/mol. The molecule has 0 atom stereocenters. The Morgan fingerprint density at radius 3 is 2.40 bits per heavy atom. The largest absolute Gasteiger partial charge is 0.494 e. The predicted octanol–water partition coefficient (Wildman–Crippen LogP) is 6.97. The monoisotopic (exact) mass is 577 g/mol. The van der Waals surface area contributed by atoms with Crippen molar-refractivity contribution in [3.63, 3.8) is 0 Å². The first-order chi connectivity index (χ1) is 19.4. The van der Waals surface area contributed by atoms with Crippen molar-refractivity contribution in [3.8, 4) is 16.9 Å². The summed E-state index contributed by atoms with van der Waals surface area (Å²) >= 11 is 8.30. The number of halogens is 1. The number of carbonyl (C=O) groups is 1. The molecule has 2 heterocycles. The lowest BCUT2D eigenvalue weighted by molar-refractivity contribution is 0.0572. The zero-order valence-electron chi connectivity index (χ0n) is 23.5. The van der Waals surface area contributed by atoms with E-state index < -0.39 is 0 Å². The fourth-order valence-corrected chi connectivity index (χ4v) is 6.97. The van der Waals surface area contributed by atoms with E-state index in [1.807, 2.05) is 48.2 Å². The number of anilines is 1. The van der Waals surface area contributed by atoms with Crippen LogP contribution in [0.25, 0.3) is 21.2 Å². The first kappa shape index (κ1) is 28.3. The molecule has 210 valence electrons. The number of aromatic nitrogens is 2. The number of hydrogen-bond acceptors (Lipinski definition) is 7. The van der Waals surface area contributed by atoms with Gasteiger partial charge in [0.25, 0.3) is 5.91 Å². The number of ether oxygens (including phenoxy) is 1. The van der Waals surface area contributed by atoms with Crippen LogP contribution >= 0.6 is 22.9 Å². The van der Waals surface area contributed by atoms with Gasteiger partial charge in [-0.25, -0.2) is 9.97 Å². The Morgan fingerprint density at radius 2 is 1.75 bits per heavy atom. The maximum Gasteiger partial charge on any atom is 0.266 e. The van der Waals surface area contributed by atoms with Crippen LogP contribution < -0.4 is 10.1 Å². The molecule has 1 N–H and O–H groups in total. The molecule has 40 heavy (non-hydrogen) atoms. The minimum Gasteiger partial charge on any atom is -0.494 e. The Kier molecular flexibility index (Phi) is 8.88. The third-order valence-corrected chi connectivity index (χ3v) is 9.40. The van der Waals surface area contributed by atoms with Crippen molar-refractivity contribution in [2.24, 2.45) is 0 Å². The van der Waals surface area contributed by atoms with Crippen LogP contribution in [0.15, 0.2) is 54.9 Å². The molecule has 9 heteroatoms. The zero-order valence-corrected chi connectivity index (χ0v) is 25.1. The van der Waals surface area contributed by atoms with Crippen LogP contribution in [0.5, 0.6) is 5.75 Å². The van der Waals surface area contributed by atoms with Gasteiger partial charge >= 0.3 is 0 Å². The van der Waals surface area contributed by atoms with Gasteiger partial charge in [-0.2, -0.15) is 0 Å². The highest BCUT2D eigenvalue weighted by atomic mass is 35.5. The lowest BCUT2D eigenvalue weighted by Crippen LogP contribution is -2.44. The molecule has 2 aromatic heterocycles. The molecule has 1 aliphatic rings. The van der Waals surface area contributed by atoms with E-state index in [2.05, 4.69) is 40.3 Å². The summed E-state index contributed by atoms with van der Waals surface area (Å²) < 4.78 is 7.07. The molecular formula is C31H36ClN5O2S. The van der Waals surface area contributed by atoms with Gasteiger partial charge in [0.1, 0.15) is 10.6 Å². The number of amides is 1. The van der Waals surface area contributed by atoms with E-state index >= 15 is 0 Å². The Balaban J connectivity index is 1.52. The number of nitrogens with one attached hydrogen (secondary N) is 1. The topological polar surface area (TPSA) is 70.6 Å². The van der Waals surface area contributed by atoms with Crippen molar-refractivity contribution in [2.45, 2.75) is 51.2 Å². The molecule has 5 rings (SSSR count). The van der Waals surface area contributed by atoms with Crippen molar-refractivity contribution in [3.05, 3.63) is 70.3 Å². The highest BCUT2D eigenvalue weighted by Crippen LogP contribution is 2.38. The zero-order chi connectivity index (χ0) is 28.2. The van der Waals surface area contributed by atoms with Crippen molar-refractivity contribution in [2.75, 3.05) is 33.1 Å². The van der Waals surface area contributed by atoms with Crippen LogP contribution in [-0.4, -0.2) is 65.5 Å². The average Bonchev–Trinajstić information content (AvgIpc) is 3.32. The first-order valence-corrected chi connectivity index (χ1v) is 15.0. The minimum absolute atomic E-state index is 0.0194. The Labute approximate surface area is 245 Å². The molecule has 0 bridgehead atoms. The highest BCUT2D eigenvalue weighted by molar-refractivity contribution is 7.21. The van der Waals surface area contributed by atoms with Crippen molar-refractivity contribution < 1.29 is 9.53 Å². The molecule has 1 aliphatic carbocycles. The van der Waals surface area contributed by atoms with Crippen molar-refractivity contribution in [1.29, 1.82) is 0 Å². The molecule has 1 amide bonds. The summed E-state index contributed by atoms with van der Waals surface area (Å²) in [6.07, 6.45) is 7.60. The fourth-order valence-electron chi connectivity index (χ4n) is 5.50. The fraction of sp³-hybridized carbons (Fsp3) is 0.387. The van der Waals surface area contributed by atoms with E-state index in [1.165, 1.54) is 11.3 Å². The van der Waals surface area contributed by atoms with Gasteiger partial charge in [0.2, 0.25) is 5.95 Å². The Bertz CT molecular complexity index is 1460. The summed E-state index contributed by atoms with van der Waals surface area (Å²) in [6.45, 7) is 2.94. The standard InChI is InChI=1S/C31H36ClN5O2S/c1-5-39-26-15-10-20(22-17-34-31(33-2)35-18-22)16-21(26)19-37(24-13-11-23(12-14-24)36(3)4)30(38)29-28(32)25-8-6-7-9-27(25)40-29/h6-10,15-18,23-24H,5,11-14,19H2,1-4H3,(H,33,34,35)/t23-,24-. The van der Waals surface area contributed by atoms with Crippen molar-refractivity contribution >= 4 is 44.9 Å². The maximum absolute atomic E-state index is 14.3. The molecule has 1 saturated carbocycles. The van der Waals surface area contributed by atoms with Gasteiger partial charge in [0.15, 0.2) is 0 Å². The summed E-state index contributed by atoms with van der Waals surface area (Å²) in [5.74, 6) is 1.33. The van der Waals surface area contributed by atoms with E-state index in [-0.39, 0.29) is 11.9 Å². The molecule has 2 aromatic carbocycles. The Morgan fingerprint density at radius 1 is 1.05 bits per heavy atom. The quantitative estimate of drug-likeness (QED) is 0.232. The molecule has 0 aliphatic heterocycles. The lowest BCUT2D eigenvalue weighted by atomic mass is 9.89. The number of thiophene rings is 1. The third-order valence-electron chi connectivity index (χ3n) is 7.74. The summed E-state index contributed by atoms with van der Waals surface area (Å²) in [5, 5.41) is 4.42. The highest BCUT2D eigenvalue weighted by Gasteiger charge is 2.33. The number of benzene rings is 2. The number of rotatable bonds is 9. The van der Waals surface area contributed by atoms with Crippen LogP contribution in [0.1, 0.15) is 47.8 Å². The summed E-state index contributed by atoms with van der Waals surface area (Å²) in [5.41, 5.74) is 2.84. The summed E-state index contributed by atoms with van der Waals surface area (Å²) in [6, 6.07) is 14.7. The molecule has 0 spiro atoms. The maximum atomic E-state index is 14.3. The SMILES string of the molecule is CCOc1ccc(-c2cnc(NC)nc2)cc1CN(C(=O)c1sc2ccccc2c1Cl)[C@H]1CC[C@H](N(C)C)CC1. The van der Waals surface area contributed by atoms with Crippen LogP contribution in [0, 0.1) is 0 Å². The van der Waals surface area contributed by atoms with Crippen LogP contribution in [-0.2, 0) is 6.54 Å². The smallest absolute Gasteiger partial charge is 0.266 e. The average molecular weight is 578 g/mol. The molecule has 4 aromatic rings. The van der Waals surface area contributed by atoms with Gasteiger partial charge in [-0.1, -0.05) is 35.9 Å². The number of carbonyl (C=O) groups excluding carboxylic acids is 1. The van der Waals surface area contributed by atoms with Gasteiger partial charge in [-0.3, -0.25) is 4.79 Å². The second kappa shape index (κ2) is 12.5. The van der Waals surface area contributed by atoms with Crippen LogP contribution in [0.4, 0.5) is 5.95 Å². The van der Waals surface area contributed by atoms with E-state index in [9.17, 15) is 4.79 Å². The molecule has 0 radical (unpaired) electrons. The summed E-state index contributed by atoms with van der Waals surface area (Å²) in [4.78, 5) is 28.0. The van der Waals surface area contributed by atoms with Gasteiger partial charge in [0, 0.05) is 59.3 Å². The van der Waals surface area contributed by atoms with Gasteiger partial charge in [-0.05, 0) is 70.5 Å². The van der Waals surface area contributed by atoms with Crippen LogP contribution in [0.3, 0.4) is 0 Å². The van der Waals surface area contributed by atoms with Crippen molar-refractivity contribution in [1.82, 2.24) is 19.8 Å². The van der Waals surface area contributed by atoms with E-state index in [0.717, 1.165) is 58.2 Å². The second-order valence-electron chi connectivity index (χ2n) is 10.4. The molecule has 0 saturated heterocycles. The number of fused-ring (bicyclic) bond motifs is 1. The van der Waals surface area contributed by atoms with Gasteiger partial charge in [0.05, 0.1) is 11.6 Å². The van der Waals surface area contributed by atoms with Gasteiger partial charge < -0.3 is 19.9 Å². The van der Waals surface area contributed by atoms with E-state index in [0.29, 0.717) is 35.0 Å². The van der Waals surface area contributed by atoms with E-state index in [4.69, 9.17) is 16.3 Å². The predicted molar refractivity (Wildman–Crippen MR) is 165 cm³/mol. The Hall–Kier alpha value is -3.20. The normalized spacial score (nSPS) is 17.2. The summed E-state index contributed by atoms with van der Waals surface area (Å²) in [7, 11) is 6.07. The number of nitrogens with zero attached hydrogens (tertiary/aromatic N) is 4. The van der Waals surface area contributed by atoms with E-state index in [1.54, 1.807) is 19.4 Å². The number of hydrogen-bond donors (Lipinski definition) is 1. The molecule has 1 fully saturated rings. The second-order valence-corrected chi connectivity index (χ2v) is 11.8. The minimum atomic E-state index is -0.0194. The third kappa shape index (κ3) is 5.94.